The predicted molar refractivity (Wildman–Crippen MR) is 123 cm³/mol. The van der Waals surface area contributed by atoms with Crippen LogP contribution >= 0.6 is 12.2 Å². The summed E-state index contributed by atoms with van der Waals surface area (Å²) >= 11 is 5.75. The normalized spacial score (nSPS) is 15.8. The fourth-order valence-electron chi connectivity index (χ4n) is 3.41. The summed E-state index contributed by atoms with van der Waals surface area (Å²) in [4.78, 5) is 4.33. The number of ether oxygens (including phenoxy) is 2. The molecule has 0 bridgehead atoms. The summed E-state index contributed by atoms with van der Waals surface area (Å²) < 4.78 is 11.1. The third kappa shape index (κ3) is 6.34. The van der Waals surface area contributed by atoms with E-state index in [4.69, 9.17) is 21.7 Å². The summed E-state index contributed by atoms with van der Waals surface area (Å²) in [6.07, 6.45) is 2.47. The second kappa shape index (κ2) is 10.5. The van der Waals surface area contributed by atoms with Crippen molar-refractivity contribution in [1.82, 2.24) is 10.2 Å². The maximum atomic E-state index is 5.86. The van der Waals surface area contributed by atoms with Crippen molar-refractivity contribution in [2.75, 3.05) is 39.3 Å². The number of anilines is 1. The second-order valence-electron chi connectivity index (χ2n) is 7.58. The highest BCUT2D eigenvalue weighted by Gasteiger charge is 2.21. The van der Waals surface area contributed by atoms with Crippen LogP contribution in [0.1, 0.15) is 24.0 Å². The molecule has 1 fully saturated rings. The number of hydrogen-bond donors (Lipinski definition) is 1. The van der Waals surface area contributed by atoms with Crippen LogP contribution < -0.4 is 15.0 Å². The molecule has 0 unspecified atom stereocenters. The van der Waals surface area contributed by atoms with Gasteiger partial charge < -0.3 is 24.6 Å². The highest BCUT2D eigenvalue weighted by molar-refractivity contribution is 7.80. The van der Waals surface area contributed by atoms with Crippen molar-refractivity contribution in [3.05, 3.63) is 59.7 Å². The lowest BCUT2D eigenvalue weighted by atomic mass is 10.1. The Labute approximate surface area is 179 Å². The van der Waals surface area contributed by atoms with Gasteiger partial charge in [-0.05, 0) is 60.5 Å². The molecule has 1 heterocycles. The standard InChI is InChI=1S/C23H31N3O2S/c1-25(2)20-10-6-19(7-11-20)16-26(17-22-5-4-14-28-22)23(29)24-15-18-8-12-21(27-3)13-9-18/h6-13,22H,4-5,14-17H2,1-3H3,(H,24,29)/t22-/m0/s1. The minimum Gasteiger partial charge on any atom is -0.497 e. The molecule has 6 heteroatoms. The van der Waals surface area contributed by atoms with E-state index in [0.717, 1.165) is 43.4 Å². The molecular formula is C23H31N3O2S. The van der Waals surface area contributed by atoms with E-state index in [0.29, 0.717) is 6.54 Å². The van der Waals surface area contributed by atoms with Crippen molar-refractivity contribution in [3.63, 3.8) is 0 Å². The SMILES string of the molecule is COc1ccc(CNC(=S)N(Cc2ccc(N(C)C)cc2)C[C@@H]2CCCO2)cc1. The molecule has 0 radical (unpaired) electrons. The predicted octanol–water partition coefficient (Wildman–Crippen LogP) is 3.82. The van der Waals surface area contributed by atoms with Crippen molar-refractivity contribution in [2.24, 2.45) is 0 Å². The van der Waals surface area contributed by atoms with Crippen LogP contribution in [0.4, 0.5) is 5.69 Å². The van der Waals surface area contributed by atoms with Gasteiger partial charge in [-0.15, -0.1) is 0 Å². The molecule has 2 aromatic carbocycles. The van der Waals surface area contributed by atoms with Gasteiger partial charge in [0.15, 0.2) is 5.11 Å². The molecule has 1 aliphatic heterocycles. The van der Waals surface area contributed by atoms with Gasteiger partial charge in [0.2, 0.25) is 0 Å². The molecule has 0 spiro atoms. The molecule has 0 amide bonds. The van der Waals surface area contributed by atoms with E-state index in [1.807, 2.05) is 12.1 Å². The minimum atomic E-state index is 0.247. The van der Waals surface area contributed by atoms with Gasteiger partial charge in [0.25, 0.3) is 0 Å². The van der Waals surface area contributed by atoms with Crippen molar-refractivity contribution < 1.29 is 9.47 Å². The van der Waals surface area contributed by atoms with Gasteiger partial charge in [0.1, 0.15) is 5.75 Å². The van der Waals surface area contributed by atoms with Crippen LogP contribution in [-0.4, -0.2) is 50.5 Å². The lowest BCUT2D eigenvalue weighted by Crippen LogP contribution is -2.42. The van der Waals surface area contributed by atoms with Crippen LogP contribution in [0.5, 0.6) is 5.75 Å². The van der Waals surface area contributed by atoms with Crippen LogP contribution in [0.25, 0.3) is 0 Å². The van der Waals surface area contributed by atoms with Gasteiger partial charge in [-0.25, -0.2) is 0 Å². The molecule has 2 aromatic rings. The van der Waals surface area contributed by atoms with Gasteiger partial charge in [0.05, 0.1) is 13.2 Å². The Morgan fingerprint density at radius 1 is 1.10 bits per heavy atom. The highest BCUT2D eigenvalue weighted by Crippen LogP contribution is 2.18. The monoisotopic (exact) mass is 413 g/mol. The van der Waals surface area contributed by atoms with Crippen molar-refractivity contribution in [1.29, 1.82) is 0 Å². The molecule has 5 nitrogen and oxygen atoms in total. The first kappa shape index (κ1) is 21.4. The first-order valence-electron chi connectivity index (χ1n) is 10.1. The maximum Gasteiger partial charge on any atom is 0.169 e. The molecule has 0 aromatic heterocycles. The maximum absolute atomic E-state index is 5.86. The van der Waals surface area contributed by atoms with E-state index >= 15 is 0 Å². The van der Waals surface area contributed by atoms with Gasteiger partial charge in [-0.2, -0.15) is 0 Å². The summed E-state index contributed by atoms with van der Waals surface area (Å²) in [7, 11) is 5.78. The molecule has 1 atom stereocenters. The zero-order valence-corrected chi connectivity index (χ0v) is 18.4. The van der Waals surface area contributed by atoms with E-state index in [2.05, 4.69) is 65.6 Å². The average molecular weight is 414 g/mol. The van der Waals surface area contributed by atoms with E-state index < -0.39 is 0 Å². The van der Waals surface area contributed by atoms with Gasteiger partial charge in [-0.1, -0.05) is 24.3 Å². The molecule has 0 saturated carbocycles. The van der Waals surface area contributed by atoms with Crippen LogP contribution in [0, 0.1) is 0 Å². The molecule has 3 rings (SSSR count). The first-order valence-corrected chi connectivity index (χ1v) is 10.5. The largest absolute Gasteiger partial charge is 0.497 e. The molecule has 1 N–H and O–H groups in total. The first-order chi connectivity index (χ1) is 14.0. The Balaban J connectivity index is 1.63. The average Bonchev–Trinajstić information content (AvgIpc) is 3.25. The molecule has 29 heavy (non-hydrogen) atoms. The summed E-state index contributed by atoms with van der Waals surface area (Å²) in [6, 6.07) is 16.7. The van der Waals surface area contributed by atoms with E-state index in [1.165, 1.54) is 16.8 Å². The zero-order valence-electron chi connectivity index (χ0n) is 17.6. The molecule has 0 aliphatic carbocycles. The summed E-state index contributed by atoms with van der Waals surface area (Å²) in [5.74, 6) is 0.859. The number of benzene rings is 2. The quantitative estimate of drug-likeness (QED) is 0.663. The summed E-state index contributed by atoms with van der Waals surface area (Å²) in [5, 5.41) is 4.17. The topological polar surface area (TPSA) is 37.0 Å². The minimum absolute atomic E-state index is 0.247. The van der Waals surface area contributed by atoms with Crippen molar-refractivity contribution in [3.8, 4) is 5.75 Å². The fraction of sp³-hybridized carbons (Fsp3) is 0.435. The Hall–Kier alpha value is -2.31. The Morgan fingerprint density at radius 3 is 2.38 bits per heavy atom. The van der Waals surface area contributed by atoms with Gasteiger partial charge in [0, 0.05) is 46.0 Å². The van der Waals surface area contributed by atoms with Crippen LogP contribution in [-0.2, 0) is 17.8 Å². The number of nitrogens with one attached hydrogen (secondary N) is 1. The zero-order chi connectivity index (χ0) is 20.6. The lowest BCUT2D eigenvalue weighted by Gasteiger charge is -2.28. The second-order valence-corrected chi connectivity index (χ2v) is 7.97. The number of methoxy groups -OCH3 is 1. The number of rotatable bonds is 8. The van der Waals surface area contributed by atoms with Crippen molar-refractivity contribution in [2.45, 2.75) is 32.0 Å². The van der Waals surface area contributed by atoms with E-state index in [9.17, 15) is 0 Å². The fourth-order valence-corrected chi connectivity index (χ4v) is 3.62. The van der Waals surface area contributed by atoms with E-state index in [-0.39, 0.29) is 6.10 Å². The van der Waals surface area contributed by atoms with E-state index in [1.54, 1.807) is 7.11 Å². The third-order valence-electron chi connectivity index (χ3n) is 5.16. The molecule has 1 aliphatic rings. The Bertz CT molecular complexity index is 772. The smallest absolute Gasteiger partial charge is 0.169 e. The van der Waals surface area contributed by atoms with Crippen LogP contribution in [0.2, 0.25) is 0 Å². The number of hydrogen-bond acceptors (Lipinski definition) is 4. The van der Waals surface area contributed by atoms with Crippen LogP contribution in [0.15, 0.2) is 48.5 Å². The molecule has 156 valence electrons. The summed E-state index contributed by atoms with van der Waals surface area (Å²) in [6.45, 7) is 3.11. The number of thiocarbonyl (C=S) groups is 1. The van der Waals surface area contributed by atoms with Gasteiger partial charge in [-0.3, -0.25) is 0 Å². The highest BCUT2D eigenvalue weighted by atomic mass is 32.1. The molecule has 1 saturated heterocycles. The molecular weight excluding hydrogens is 382 g/mol. The lowest BCUT2D eigenvalue weighted by molar-refractivity contribution is 0.0897. The summed E-state index contributed by atoms with van der Waals surface area (Å²) in [5.41, 5.74) is 3.60. The van der Waals surface area contributed by atoms with Gasteiger partial charge >= 0.3 is 0 Å². The number of nitrogens with zero attached hydrogens (tertiary/aromatic N) is 2. The third-order valence-corrected chi connectivity index (χ3v) is 5.57. The Morgan fingerprint density at radius 2 is 1.79 bits per heavy atom. The Kier molecular flexibility index (Phi) is 7.72. The van der Waals surface area contributed by atoms with Crippen molar-refractivity contribution >= 4 is 23.0 Å². The van der Waals surface area contributed by atoms with Crippen LogP contribution in [0.3, 0.4) is 0 Å².